The fourth-order valence-electron chi connectivity index (χ4n) is 1.36. The average Bonchev–Trinajstić information content (AvgIpc) is 2.48. The van der Waals surface area contributed by atoms with E-state index in [1.165, 1.54) is 0 Å². The molecule has 60 valence electrons. The molecule has 0 aliphatic carbocycles. The second-order valence-corrected chi connectivity index (χ2v) is 2.74. The fraction of sp³-hybridized carbons (Fsp3) is 0.200. The maximum absolute atomic E-state index is 5.20. The van der Waals surface area contributed by atoms with Crippen molar-refractivity contribution in [3.63, 3.8) is 0 Å². The highest BCUT2D eigenvalue weighted by Gasteiger charge is 2.25. The van der Waals surface area contributed by atoms with Gasteiger partial charge in [-0.15, -0.1) is 0 Å². The molecule has 2 heteroatoms. The summed E-state index contributed by atoms with van der Waals surface area (Å²) >= 11 is 0. The summed E-state index contributed by atoms with van der Waals surface area (Å²) in [4.78, 5) is 2.03. The SMILES string of the molecule is COc1cccc2c1[C+]=CN2C. The third-order valence-electron chi connectivity index (χ3n) is 2.01. The molecule has 0 bridgehead atoms. The lowest BCUT2D eigenvalue weighted by Gasteiger charge is -2.02. The second-order valence-electron chi connectivity index (χ2n) is 2.74. The van der Waals surface area contributed by atoms with Crippen LogP contribution in [0.3, 0.4) is 0 Å². The summed E-state index contributed by atoms with van der Waals surface area (Å²) in [5.41, 5.74) is 2.19. The molecule has 12 heavy (non-hydrogen) atoms. The summed E-state index contributed by atoms with van der Waals surface area (Å²) in [6.45, 7) is 0. The van der Waals surface area contributed by atoms with Crippen molar-refractivity contribution in [2.45, 2.75) is 0 Å². The van der Waals surface area contributed by atoms with E-state index in [1.54, 1.807) is 7.11 Å². The lowest BCUT2D eigenvalue weighted by atomic mass is 10.2. The van der Waals surface area contributed by atoms with Crippen molar-refractivity contribution in [2.24, 2.45) is 0 Å². The third kappa shape index (κ3) is 0.858. The normalized spacial score (nSPS) is 12.7. The Balaban J connectivity index is 2.57. The smallest absolute Gasteiger partial charge is 0.257 e. The number of hydrogen-bond donors (Lipinski definition) is 0. The van der Waals surface area contributed by atoms with E-state index in [4.69, 9.17) is 4.74 Å². The van der Waals surface area contributed by atoms with Crippen LogP contribution in [0.1, 0.15) is 5.56 Å². The van der Waals surface area contributed by atoms with Crippen LogP contribution in [0.2, 0.25) is 0 Å². The largest absolute Gasteiger partial charge is 0.436 e. The standard InChI is InChI=1S/C10H10NO/c1-11-7-6-8-9(11)4-3-5-10(8)12-2/h3-5,7H,1-2H3/q+1. The Labute approximate surface area is 72.1 Å². The molecular weight excluding hydrogens is 150 g/mol. The molecule has 0 saturated carbocycles. The summed E-state index contributed by atoms with van der Waals surface area (Å²) in [5.74, 6) is 0.883. The number of ether oxygens (including phenoxy) is 1. The fourth-order valence-corrected chi connectivity index (χ4v) is 1.36. The summed E-state index contributed by atoms with van der Waals surface area (Å²) < 4.78 is 5.20. The molecule has 0 saturated heterocycles. The minimum Gasteiger partial charge on any atom is -0.436 e. The van der Waals surface area contributed by atoms with Crippen LogP contribution in [0, 0.1) is 6.08 Å². The molecule has 0 atom stereocenters. The van der Waals surface area contributed by atoms with Crippen molar-refractivity contribution in [1.82, 2.24) is 0 Å². The van der Waals surface area contributed by atoms with E-state index in [-0.39, 0.29) is 0 Å². The van der Waals surface area contributed by atoms with E-state index >= 15 is 0 Å². The van der Waals surface area contributed by atoms with Crippen molar-refractivity contribution in [2.75, 3.05) is 19.1 Å². The lowest BCUT2D eigenvalue weighted by Crippen LogP contribution is -2.04. The van der Waals surface area contributed by atoms with Gasteiger partial charge in [0.2, 0.25) is 5.75 Å². The zero-order valence-corrected chi connectivity index (χ0v) is 7.16. The predicted octanol–water partition coefficient (Wildman–Crippen LogP) is 1.81. The van der Waals surface area contributed by atoms with Gasteiger partial charge in [0.25, 0.3) is 5.56 Å². The monoisotopic (exact) mass is 160 g/mol. The summed E-state index contributed by atoms with van der Waals surface area (Å²) in [6, 6.07) is 5.97. The van der Waals surface area contributed by atoms with Crippen LogP contribution in [0.5, 0.6) is 5.75 Å². The number of benzene rings is 1. The minimum absolute atomic E-state index is 0.883. The van der Waals surface area contributed by atoms with Crippen LogP contribution in [0.25, 0.3) is 0 Å². The Bertz CT molecular complexity index is 331. The van der Waals surface area contributed by atoms with Crippen LogP contribution in [0.15, 0.2) is 24.4 Å². The van der Waals surface area contributed by atoms with Gasteiger partial charge in [-0.25, -0.2) is 0 Å². The number of methoxy groups -OCH3 is 1. The Hall–Kier alpha value is -1.53. The Morgan fingerprint density at radius 2 is 2.25 bits per heavy atom. The van der Waals surface area contributed by atoms with Gasteiger partial charge < -0.3 is 4.74 Å². The average molecular weight is 160 g/mol. The highest BCUT2D eigenvalue weighted by molar-refractivity contribution is 5.67. The molecule has 2 rings (SSSR count). The molecule has 1 aromatic rings. The van der Waals surface area contributed by atoms with Gasteiger partial charge in [-0.1, -0.05) is 0 Å². The summed E-state index contributed by atoms with van der Waals surface area (Å²) in [5, 5.41) is 0. The van der Waals surface area contributed by atoms with E-state index < -0.39 is 0 Å². The van der Waals surface area contributed by atoms with Crippen LogP contribution < -0.4 is 9.64 Å². The first-order chi connectivity index (χ1) is 5.83. The van der Waals surface area contributed by atoms with Gasteiger partial charge in [0.05, 0.1) is 13.2 Å². The molecule has 0 amide bonds. The van der Waals surface area contributed by atoms with Crippen LogP contribution in [-0.4, -0.2) is 14.2 Å². The van der Waals surface area contributed by atoms with Gasteiger partial charge in [-0.3, -0.25) is 4.90 Å². The van der Waals surface area contributed by atoms with Crippen molar-refractivity contribution < 1.29 is 4.74 Å². The van der Waals surface area contributed by atoms with E-state index in [2.05, 4.69) is 6.08 Å². The molecule has 0 radical (unpaired) electrons. The highest BCUT2D eigenvalue weighted by atomic mass is 16.5. The zero-order valence-electron chi connectivity index (χ0n) is 7.16. The van der Waals surface area contributed by atoms with Crippen molar-refractivity contribution in [1.29, 1.82) is 0 Å². The van der Waals surface area contributed by atoms with Crippen LogP contribution in [0.4, 0.5) is 5.69 Å². The van der Waals surface area contributed by atoms with Gasteiger partial charge in [0.15, 0.2) is 5.69 Å². The Morgan fingerprint density at radius 1 is 1.42 bits per heavy atom. The summed E-state index contributed by atoms with van der Waals surface area (Å²) in [7, 11) is 3.67. The van der Waals surface area contributed by atoms with Gasteiger partial charge in [-0.2, -0.15) is 0 Å². The van der Waals surface area contributed by atoms with E-state index in [0.717, 1.165) is 17.0 Å². The van der Waals surface area contributed by atoms with Gasteiger partial charge in [-0.05, 0) is 6.07 Å². The molecule has 0 aromatic heterocycles. The lowest BCUT2D eigenvalue weighted by molar-refractivity contribution is 0.413. The molecular formula is C10H10NO+. The molecule has 1 aromatic carbocycles. The highest BCUT2D eigenvalue weighted by Crippen LogP contribution is 2.32. The number of nitrogens with zero attached hydrogens (tertiary/aromatic N) is 1. The molecule has 2 nitrogen and oxygen atoms in total. The second kappa shape index (κ2) is 2.50. The molecule has 1 aliphatic heterocycles. The molecule has 0 spiro atoms. The molecule has 0 fully saturated rings. The first kappa shape index (κ1) is 7.14. The summed E-state index contributed by atoms with van der Waals surface area (Å²) in [6.07, 6.45) is 5.06. The topological polar surface area (TPSA) is 12.5 Å². The molecule has 0 unspecified atom stereocenters. The third-order valence-corrected chi connectivity index (χ3v) is 2.01. The van der Waals surface area contributed by atoms with Crippen molar-refractivity contribution >= 4 is 5.69 Å². The first-order valence-electron chi connectivity index (χ1n) is 3.82. The van der Waals surface area contributed by atoms with E-state index in [9.17, 15) is 0 Å². The quantitative estimate of drug-likeness (QED) is 0.581. The maximum atomic E-state index is 5.20. The van der Waals surface area contributed by atoms with E-state index in [0.29, 0.717) is 0 Å². The van der Waals surface area contributed by atoms with Gasteiger partial charge >= 0.3 is 0 Å². The van der Waals surface area contributed by atoms with E-state index in [1.807, 2.05) is 36.3 Å². The molecule has 1 aliphatic rings. The van der Waals surface area contributed by atoms with Gasteiger partial charge in [0, 0.05) is 19.2 Å². The number of fused-ring (bicyclic) bond motifs is 1. The first-order valence-corrected chi connectivity index (χ1v) is 3.82. The number of anilines is 1. The van der Waals surface area contributed by atoms with Crippen molar-refractivity contribution in [3.05, 3.63) is 36.0 Å². The molecule has 0 N–H and O–H groups in total. The van der Waals surface area contributed by atoms with Crippen LogP contribution in [-0.2, 0) is 0 Å². The van der Waals surface area contributed by atoms with Crippen LogP contribution >= 0.6 is 0 Å². The van der Waals surface area contributed by atoms with Crippen molar-refractivity contribution in [3.8, 4) is 5.75 Å². The Morgan fingerprint density at radius 3 is 3.00 bits per heavy atom. The predicted molar refractivity (Wildman–Crippen MR) is 48.3 cm³/mol. The Kier molecular flexibility index (Phi) is 1.49. The number of rotatable bonds is 1. The maximum Gasteiger partial charge on any atom is 0.257 e. The zero-order chi connectivity index (χ0) is 8.55. The van der Waals surface area contributed by atoms with Gasteiger partial charge in [0.1, 0.15) is 6.20 Å². The minimum atomic E-state index is 0.883. The number of hydrogen-bond acceptors (Lipinski definition) is 2. The molecule has 1 heterocycles.